The number of carbonyl (C=O) groups excluding carboxylic acids is 1. The van der Waals surface area contributed by atoms with Crippen LogP contribution < -0.4 is 5.73 Å². The summed E-state index contributed by atoms with van der Waals surface area (Å²) in [5, 5.41) is 6.38. The minimum absolute atomic E-state index is 0.212. The Morgan fingerprint density at radius 1 is 1.20 bits per heavy atom. The maximum atomic E-state index is 11.4. The second-order valence-electron chi connectivity index (χ2n) is 6.41. The van der Waals surface area contributed by atoms with Crippen LogP contribution in [0.4, 0.5) is 0 Å². The molecule has 0 saturated carbocycles. The van der Waals surface area contributed by atoms with Gasteiger partial charge < -0.3 is 10.5 Å². The quantitative estimate of drug-likeness (QED) is 0.733. The predicted molar refractivity (Wildman–Crippen MR) is 98.3 cm³/mol. The van der Waals surface area contributed by atoms with Gasteiger partial charge >= 0.3 is 0 Å². The summed E-state index contributed by atoms with van der Waals surface area (Å²) in [7, 11) is 0. The number of nitrogens with zero attached hydrogens (tertiary/aromatic N) is 2. The third-order valence-electron chi connectivity index (χ3n) is 4.14. The molecule has 0 bridgehead atoms. The molecule has 3 aromatic rings. The van der Waals surface area contributed by atoms with Gasteiger partial charge in [0.1, 0.15) is 5.60 Å². The number of hydrogen-bond donors (Lipinski definition) is 1. The Morgan fingerprint density at radius 3 is 2.56 bits per heavy atom. The van der Waals surface area contributed by atoms with Gasteiger partial charge in [-0.1, -0.05) is 41.9 Å². The Labute approximate surface area is 151 Å². The minimum Gasteiger partial charge on any atom is -0.367 e. The topological polar surface area (TPSA) is 70.1 Å². The van der Waals surface area contributed by atoms with Crippen molar-refractivity contribution in [3.05, 3.63) is 64.8 Å². The van der Waals surface area contributed by atoms with E-state index in [9.17, 15) is 4.79 Å². The molecule has 1 heterocycles. The van der Waals surface area contributed by atoms with Crippen molar-refractivity contribution in [1.82, 2.24) is 9.78 Å². The lowest BCUT2D eigenvalue weighted by Crippen LogP contribution is -2.40. The van der Waals surface area contributed by atoms with E-state index >= 15 is 0 Å². The fourth-order valence-electron chi connectivity index (χ4n) is 2.51. The van der Waals surface area contributed by atoms with Crippen molar-refractivity contribution in [1.29, 1.82) is 0 Å². The molecule has 0 aliphatic carbocycles. The molecular weight excluding hydrogens is 338 g/mol. The van der Waals surface area contributed by atoms with Crippen LogP contribution in [0.2, 0.25) is 5.02 Å². The lowest BCUT2D eigenvalue weighted by Gasteiger charge is -2.20. The van der Waals surface area contributed by atoms with Crippen LogP contribution in [-0.4, -0.2) is 21.3 Å². The zero-order valence-corrected chi connectivity index (χ0v) is 15.0. The minimum atomic E-state index is -1.04. The summed E-state index contributed by atoms with van der Waals surface area (Å²) in [5.74, 6) is -0.502. The number of fused-ring (bicyclic) bond motifs is 1. The summed E-state index contributed by atoms with van der Waals surface area (Å²) in [6, 6.07) is 15.6. The van der Waals surface area contributed by atoms with Gasteiger partial charge in [-0.3, -0.25) is 9.48 Å². The van der Waals surface area contributed by atoms with E-state index in [-0.39, 0.29) is 6.61 Å². The average molecular weight is 358 g/mol. The molecule has 5 nitrogen and oxygen atoms in total. The largest absolute Gasteiger partial charge is 0.367 e. The molecule has 25 heavy (non-hydrogen) atoms. The molecule has 0 atom stereocenters. The molecule has 2 aromatic carbocycles. The molecule has 2 N–H and O–H groups in total. The average Bonchev–Trinajstić information content (AvgIpc) is 2.93. The van der Waals surface area contributed by atoms with Gasteiger partial charge in [-0.15, -0.1) is 0 Å². The third kappa shape index (κ3) is 3.83. The van der Waals surface area contributed by atoms with E-state index in [1.807, 2.05) is 53.2 Å². The Bertz CT molecular complexity index is 901. The molecule has 0 spiro atoms. The van der Waals surface area contributed by atoms with E-state index in [0.717, 1.165) is 22.2 Å². The van der Waals surface area contributed by atoms with Crippen LogP contribution in [0.5, 0.6) is 0 Å². The molecule has 0 radical (unpaired) electrons. The monoisotopic (exact) mass is 357 g/mol. The first-order valence-corrected chi connectivity index (χ1v) is 8.37. The molecule has 130 valence electrons. The number of para-hydroxylation sites is 1. The second kappa shape index (κ2) is 6.86. The summed E-state index contributed by atoms with van der Waals surface area (Å²) in [6.45, 7) is 4.14. The molecule has 1 aromatic heterocycles. The van der Waals surface area contributed by atoms with E-state index in [1.54, 1.807) is 13.8 Å². The smallest absolute Gasteiger partial charge is 0.249 e. The highest BCUT2D eigenvalue weighted by Crippen LogP contribution is 2.22. The summed E-state index contributed by atoms with van der Waals surface area (Å²) in [5.41, 5.74) is 7.21. The summed E-state index contributed by atoms with van der Waals surface area (Å²) >= 11 is 5.95. The van der Waals surface area contributed by atoms with E-state index < -0.39 is 11.5 Å². The van der Waals surface area contributed by atoms with Crippen LogP contribution in [0.15, 0.2) is 48.5 Å². The molecular formula is C19H20ClN3O2. The van der Waals surface area contributed by atoms with Crippen molar-refractivity contribution in [3.8, 4) is 0 Å². The number of carbonyl (C=O) groups is 1. The molecule has 0 aliphatic heterocycles. The number of ether oxygens (including phenoxy) is 1. The van der Waals surface area contributed by atoms with Crippen molar-refractivity contribution in [2.24, 2.45) is 5.73 Å². The molecule has 0 unspecified atom stereocenters. The Hall–Kier alpha value is -2.37. The molecule has 0 saturated heterocycles. The Kier molecular flexibility index (Phi) is 4.79. The highest BCUT2D eigenvalue weighted by Gasteiger charge is 2.26. The molecule has 3 rings (SSSR count). The van der Waals surface area contributed by atoms with Gasteiger partial charge in [-0.2, -0.15) is 5.10 Å². The van der Waals surface area contributed by atoms with E-state index in [4.69, 9.17) is 22.1 Å². The van der Waals surface area contributed by atoms with Gasteiger partial charge in [-0.25, -0.2) is 0 Å². The zero-order chi connectivity index (χ0) is 18.0. The first kappa shape index (κ1) is 17.5. The van der Waals surface area contributed by atoms with Crippen molar-refractivity contribution < 1.29 is 9.53 Å². The summed E-state index contributed by atoms with van der Waals surface area (Å²) < 4.78 is 7.62. The highest BCUT2D eigenvalue weighted by molar-refractivity contribution is 6.30. The predicted octanol–water partition coefficient (Wildman–Crippen LogP) is 3.52. The number of primary amides is 1. The van der Waals surface area contributed by atoms with Crippen molar-refractivity contribution in [2.75, 3.05) is 0 Å². The van der Waals surface area contributed by atoms with Gasteiger partial charge in [0.15, 0.2) is 0 Å². The molecule has 0 aliphatic rings. The second-order valence-corrected chi connectivity index (χ2v) is 6.85. The zero-order valence-electron chi connectivity index (χ0n) is 14.2. The van der Waals surface area contributed by atoms with Gasteiger partial charge in [0.2, 0.25) is 5.91 Å². The number of amides is 1. The molecule has 1 amide bonds. The lowest BCUT2D eigenvalue weighted by atomic mass is 10.1. The first-order chi connectivity index (χ1) is 11.9. The summed E-state index contributed by atoms with van der Waals surface area (Å²) in [4.78, 5) is 11.4. The highest BCUT2D eigenvalue weighted by atomic mass is 35.5. The molecule has 6 heteroatoms. The van der Waals surface area contributed by atoms with Crippen molar-refractivity contribution in [2.45, 2.75) is 32.6 Å². The van der Waals surface area contributed by atoms with Crippen LogP contribution in [0, 0.1) is 0 Å². The van der Waals surface area contributed by atoms with Crippen LogP contribution in [0.1, 0.15) is 25.1 Å². The fourth-order valence-corrected chi connectivity index (χ4v) is 2.63. The van der Waals surface area contributed by atoms with E-state index in [1.165, 1.54) is 0 Å². The normalized spacial score (nSPS) is 11.8. The number of benzene rings is 2. The van der Waals surface area contributed by atoms with Crippen molar-refractivity contribution >= 4 is 28.4 Å². The first-order valence-electron chi connectivity index (χ1n) is 7.99. The number of halogens is 1. The van der Waals surface area contributed by atoms with Gasteiger partial charge in [0.25, 0.3) is 0 Å². The lowest BCUT2D eigenvalue weighted by molar-refractivity contribution is -0.140. The van der Waals surface area contributed by atoms with Crippen LogP contribution >= 0.6 is 11.6 Å². The summed E-state index contributed by atoms with van der Waals surface area (Å²) in [6.07, 6.45) is 0. The van der Waals surface area contributed by atoms with E-state index in [2.05, 4.69) is 5.10 Å². The maximum Gasteiger partial charge on any atom is 0.249 e. The van der Waals surface area contributed by atoms with Crippen LogP contribution in [-0.2, 0) is 22.7 Å². The van der Waals surface area contributed by atoms with Crippen LogP contribution in [0.25, 0.3) is 10.9 Å². The van der Waals surface area contributed by atoms with Crippen LogP contribution in [0.3, 0.4) is 0 Å². The van der Waals surface area contributed by atoms with Gasteiger partial charge in [0.05, 0.1) is 24.4 Å². The Balaban J connectivity index is 1.90. The number of hydrogen-bond acceptors (Lipinski definition) is 3. The van der Waals surface area contributed by atoms with Gasteiger partial charge in [0, 0.05) is 10.4 Å². The van der Waals surface area contributed by atoms with E-state index in [0.29, 0.717) is 11.6 Å². The maximum absolute atomic E-state index is 11.4. The Morgan fingerprint density at radius 2 is 1.88 bits per heavy atom. The SMILES string of the molecule is CC(C)(OCc1nn(Cc2ccc(Cl)cc2)c2ccccc12)C(N)=O. The molecule has 0 fully saturated rings. The third-order valence-corrected chi connectivity index (χ3v) is 4.40. The number of nitrogens with two attached hydrogens (primary N) is 1. The fraction of sp³-hybridized carbons (Fsp3) is 0.263. The van der Waals surface area contributed by atoms with Crippen molar-refractivity contribution in [3.63, 3.8) is 0 Å². The standard InChI is InChI=1S/C19H20ClN3O2/c1-19(2,18(21)24)25-12-16-15-5-3-4-6-17(15)23(22-16)11-13-7-9-14(20)10-8-13/h3-10H,11-12H2,1-2H3,(H2,21,24). The van der Waals surface area contributed by atoms with Gasteiger partial charge in [-0.05, 0) is 37.6 Å². The number of rotatable bonds is 6. The number of aromatic nitrogens is 2.